The van der Waals surface area contributed by atoms with E-state index in [2.05, 4.69) is 47.2 Å². The molecule has 1 unspecified atom stereocenters. The molecule has 102 valence electrons. The van der Waals surface area contributed by atoms with Gasteiger partial charge in [0.1, 0.15) is 0 Å². The molecule has 0 bridgehead atoms. The van der Waals surface area contributed by atoms with Gasteiger partial charge in [-0.15, -0.1) is 11.3 Å². The van der Waals surface area contributed by atoms with Crippen LogP contribution in [0.25, 0.3) is 0 Å². The largest absolute Gasteiger partial charge is 0.309 e. The Bertz CT molecular complexity index is 533. The summed E-state index contributed by atoms with van der Waals surface area (Å²) in [6.45, 7) is 5.22. The predicted molar refractivity (Wildman–Crippen MR) is 88.3 cm³/mol. The van der Waals surface area contributed by atoms with E-state index in [9.17, 15) is 0 Å². The SMILES string of the molecule is CCNC(Cc1ccccc1Cl)c1cc(Br)c(C)s1. The molecule has 1 aromatic carbocycles. The van der Waals surface area contributed by atoms with Crippen LogP contribution in [0.5, 0.6) is 0 Å². The number of rotatable bonds is 5. The summed E-state index contributed by atoms with van der Waals surface area (Å²) in [6.07, 6.45) is 0.917. The third kappa shape index (κ3) is 3.82. The molecule has 0 aliphatic carbocycles. The summed E-state index contributed by atoms with van der Waals surface area (Å²) < 4.78 is 1.19. The van der Waals surface area contributed by atoms with Crippen LogP contribution in [0.4, 0.5) is 0 Å². The van der Waals surface area contributed by atoms with Gasteiger partial charge in [0.05, 0.1) is 0 Å². The lowest BCUT2D eigenvalue weighted by molar-refractivity contribution is 0.558. The van der Waals surface area contributed by atoms with Gasteiger partial charge in [-0.25, -0.2) is 0 Å². The highest BCUT2D eigenvalue weighted by Crippen LogP contribution is 2.33. The van der Waals surface area contributed by atoms with Crippen molar-refractivity contribution in [3.63, 3.8) is 0 Å². The minimum absolute atomic E-state index is 0.319. The number of likely N-dealkylation sites (N-methyl/N-ethyl adjacent to an activating group) is 1. The molecule has 0 spiro atoms. The van der Waals surface area contributed by atoms with Gasteiger partial charge >= 0.3 is 0 Å². The normalized spacial score (nSPS) is 12.6. The van der Waals surface area contributed by atoms with Gasteiger partial charge in [-0.3, -0.25) is 0 Å². The van der Waals surface area contributed by atoms with Crippen LogP contribution in [0.1, 0.15) is 28.3 Å². The van der Waals surface area contributed by atoms with Crippen molar-refractivity contribution >= 4 is 38.9 Å². The zero-order valence-electron chi connectivity index (χ0n) is 11.0. The van der Waals surface area contributed by atoms with Crippen molar-refractivity contribution < 1.29 is 0 Å². The van der Waals surface area contributed by atoms with Crippen LogP contribution in [-0.4, -0.2) is 6.54 Å². The van der Waals surface area contributed by atoms with Crippen molar-refractivity contribution in [2.75, 3.05) is 6.54 Å². The number of aryl methyl sites for hydroxylation is 1. The average molecular weight is 359 g/mol. The first-order valence-electron chi connectivity index (χ1n) is 6.34. The number of halogens is 2. The van der Waals surface area contributed by atoms with E-state index in [1.165, 1.54) is 19.8 Å². The zero-order chi connectivity index (χ0) is 13.8. The number of nitrogens with one attached hydrogen (secondary N) is 1. The molecule has 4 heteroatoms. The maximum absolute atomic E-state index is 6.26. The first kappa shape index (κ1) is 15.0. The molecule has 0 saturated carbocycles. The molecule has 0 aliphatic rings. The fraction of sp³-hybridized carbons (Fsp3) is 0.333. The number of hydrogen-bond donors (Lipinski definition) is 1. The summed E-state index contributed by atoms with van der Waals surface area (Å²) in [5.41, 5.74) is 1.19. The lowest BCUT2D eigenvalue weighted by atomic mass is 10.0. The molecule has 0 amide bonds. The van der Waals surface area contributed by atoms with E-state index in [-0.39, 0.29) is 0 Å². The van der Waals surface area contributed by atoms with Gasteiger partial charge in [0.15, 0.2) is 0 Å². The fourth-order valence-electron chi connectivity index (χ4n) is 2.06. The van der Waals surface area contributed by atoms with Crippen molar-refractivity contribution in [3.05, 3.63) is 55.1 Å². The summed E-state index contributed by atoms with van der Waals surface area (Å²) in [5.74, 6) is 0. The zero-order valence-corrected chi connectivity index (χ0v) is 14.2. The molecule has 19 heavy (non-hydrogen) atoms. The van der Waals surface area contributed by atoms with Gasteiger partial charge in [0.2, 0.25) is 0 Å². The fourth-order valence-corrected chi connectivity index (χ4v) is 3.91. The Morgan fingerprint density at radius 2 is 2.11 bits per heavy atom. The number of hydrogen-bond acceptors (Lipinski definition) is 2. The van der Waals surface area contributed by atoms with Crippen molar-refractivity contribution in [2.45, 2.75) is 26.3 Å². The quantitative estimate of drug-likeness (QED) is 0.758. The molecule has 2 aromatic rings. The molecule has 0 fully saturated rings. The molecular formula is C15H17BrClNS. The number of thiophene rings is 1. The molecule has 0 radical (unpaired) electrons. The Morgan fingerprint density at radius 3 is 2.68 bits per heavy atom. The molecule has 1 atom stereocenters. The molecule has 1 heterocycles. The second kappa shape index (κ2) is 6.89. The second-order valence-electron chi connectivity index (χ2n) is 4.46. The van der Waals surface area contributed by atoms with Crippen LogP contribution < -0.4 is 5.32 Å². The smallest absolute Gasteiger partial charge is 0.0456 e. The van der Waals surface area contributed by atoms with E-state index in [1.807, 2.05) is 29.5 Å². The van der Waals surface area contributed by atoms with Crippen LogP contribution in [0.2, 0.25) is 5.02 Å². The van der Waals surface area contributed by atoms with E-state index in [4.69, 9.17) is 11.6 Å². The summed E-state index contributed by atoms with van der Waals surface area (Å²) >= 11 is 11.7. The monoisotopic (exact) mass is 357 g/mol. The molecule has 0 aliphatic heterocycles. The summed E-state index contributed by atoms with van der Waals surface area (Å²) in [6, 6.07) is 10.6. The maximum atomic E-state index is 6.26. The van der Waals surface area contributed by atoms with Gasteiger partial charge in [-0.1, -0.05) is 36.7 Å². The van der Waals surface area contributed by atoms with E-state index in [1.54, 1.807) is 0 Å². The average Bonchev–Trinajstić information content (AvgIpc) is 2.72. The first-order chi connectivity index (χ1) is 9.11. The van der Waals surface area contributed by atoms with Crippen LogP contribution in [0.15, 0.2) is 34.8 Å². The van der Waals surface area contributed by atoms with E-state index in [0.29, 0.717) is 6.04 Å². The highest BCUT2D eigenvalue weighted by Gasteiger charge is 2.16. The van der Waals surface area contributed by atoms with E-state index < -0.39 is 0 Å². The molecular weight excluding hydrogens is 342 g/mol. The minimum Gasteiger partial charge on any atom is -0.309 e. The Morgan fingerprint density at radius 1 is 1.37 bits per heavy atom. The van der Waals surface area contributed by atoms with Gasteiger partial charge in [-0.05, 0) is 53.5 Å². The molecule has 2 rings (SSSR count). The van der Waals surface area contributed by atoms with E-state index >= 15 is 0 Å². The third-order valence-electron chi connectivity index (χ3n) is 3.05. The van der Waals surface area contributed by atoms with Crippen LogP contribution in [0, 0.1) is 6.92 Å². The molecule has 1 N–H and O–H groups in total. The number of benzene rings is 1. The Labute approximate surface area is 132 Å². The van der Waals surface area contributed by atoms with Crippen molar-refractivity contribution in [3.8, 4) is 0 Å². The summed E-state index contributed by atoms with van der Waals surface area (Å²) in [7, 11) is 0. The molecule has 0 saturated heterocycles. The summed E-state index contributed by atoms with van der Waals surface area (Å²) in [4.78, 5) is 2.67. The van der Waals surface area contributed by atoms with E-state index in [0.717, 1.165) is 18.0 Å². The standard InChI is InChI=1S/C15H17BrClNS/c1-3-18-14(15-9-12(16)10(2)19-15)8-11-6-4-5-7-13(11)17/h4-7,9,14,18H,3,8H2,1-2H3. The Kier molecular flexibility index (Phi) is 5.46. The van der Waals surface area contributed by atoms with Crippen molar-refractivity contribution in [2.24, 2.45) is 0 Å². The first-order valence-corrected chi connectivity index (χ1v) is 8.33. The highest BCUT2D eigenvalue weighted by molar-refractivity contribution is 9.10. The Hall–Kier alpha value is -0.350. The second-order valence-corrected chi connectivity index (χ2v) is 7.01. The van der Waals surface area contributed by atoms with Gasteiger partial charge in [0, 0.05) is 25.3 Å². The van der Waals surface area contributed by atoms with Gasteiger partial charge < -0.3 is 5.32 Å². The van der Waals surface area contributed by atoms with Crippen molar-refractivity contribution in [1.82, 2.24) is 5.32 Å². The van der Waals surface area contributed by atoms with Crippen LogP contribution in [0.3, 0.4) is 0 Å². The Balaban J connectivity index is 2.23. The predicted octanol–water partition coefficient (Wildman–Crippen LogP) is 5.37. The van der Waals surface area contributed by atoms with Crippen LogP contribution >= 0.6 is 38.9 Å². The van der Waals surface area contributed by atoms with Crippen molar-refractivity contribution in [1.29, 1.82) is 0 Å². The lowest BCUT2D eigenvalue weighted by Crippen LogP contribution is -2.22. The van der Waals surface area contributed by atoms with Gasteiger partial charge in [-0.2, -0.15) is 0 Å². The van der Waals surface area contributed by atoms with Gasteiger partial charge in [0.25, 0.3) is 0 Å². The highest BCUT2D eigenvalue weighted by atomic mass is 79.9. The lowest BCUT2D eigenvalue weighted by Gasteiger charge is -2.17. The van der Waals surface area contributed by atoms with Crippen LogP contribution in [-0.2, 0) is 6.42 Å². The third-order valence-corrected chi connectivity index (χ3v) is 5.67. The minimum atomic E-state index is 0.319. The topological polar surface area (TPSA) is 12.0 Å². The maximum Gasteiger partial charge on any atom is 0.0456 e. The molecule has 1 nitrogen and oxygen atoms in total. The summed E-state index contributed by atoms with van der Waals surface area (Å²) in [5, 5.41) is 4.39. The molecule has 1 aromatic heterocycles.